The molecule has 0 unspecified atom stereocenters. The summed E-state index contributed by atoms with van der Waals surface area (Å²) in [7, 11) is 0. The lowest BCUT2D eigenvalue weighted by atomic mass is 9.84. The molecule has 6 heteroatoms. The van der Waals surface area contributed by atoms with Gasteiger partial charge < -0.3 is 15.0 Å². The Kier molecular flexibility index (Phi) is 4.87. The third-order valence-corrected chi connectivity index (χ3v) is 5.29. The summed E-state index contributed by atoms with van der Waals surface area (Å²) in [4.78, 5) is 13.6. The number of halogens is 1. The molecule has 29 heavy (non-hydrogen) atoms. The standard InChI is InChI=1S/C23H18ClN3O2/c1-14-10-19-21(23(28)27(14)13-15-6-3-2-4-7-15)20(18(12-25)22(26)29-19)16-8-5-9-17(24)11-16/h2-11,20H,13,26H2,1H3/t20-/m0/s1. The van der Waals surface area contributed by atoms with E-state index in [2.05, 4.69) is 6.07 Å². The number of nitrogens with two attached hydrogens (primary N) is 1. The minimum Gasteiger partial charge on any atom is -0.440 e. The van der Waals surface area contributed by atoms with Gasteiger partial charge in [-0.1, -0.05) is 54.1 Å². The van der Waals surface area contributed by atoms with Crippen molar-refractivity contribution < 1.29 is 4.74 Å². The predicted octanol–water partition coefficient (Wildman–Crippen LogP) is 4.08. The van der Waals surface area contributed by atoms with Gasteiger partial charge in [0.1, 0.15) is 17.4 Å². The number of fused-ring (bicyclic) bond motifs is 1. The van der Waals surface area contributed by atoms with Crippen molar-refractivity contribution in [2.75, 3.05) is 0 Å². The second kappa shape index (κ2) is 7.50. The number of pyridine rings is 1. The summed E-state index contributed by atoms with van der Waals surface area (Å²) in [6, 6.07) is 20.7. The van der Waals surface area contributed by atoms with Gasteiger partial charge >= 0.3 is 0 Å². The molecule has 1 aliphatic rings. The van der Waals surface area contributed by atoms with Crippen LogP contribution < -0.4 is 16.0 Å². The molecule has 144 valence electrons. The first-order valence-electron chi connectivity index (χ1n) is 9.11. The number of aryl methyl sites for hydroxylation is 1. The number of aromatic nitrogens is 1. The van der Waals surface area contributed by atoms with Crippen LogP contribution in [0.4, 0.5) is 0 Å². The number of rotatable bonds is 3. The largest absolute Gasteiger partial charge is 0.440 e. The minimum absolute atomic E-state index is 0.00425. The molecule has 2 aromatic carbocycles. The molecule has 5 nitrogen and oxygen atoms in total. The highest BCUT2D eigenvalue weighted by atomic mass is 35.5. The molecule has 0 spiro atoms. The van der Waals surface area contributed by atoms with E-state index in [1.165, 1.54) is 0 Å². The summed E-state index contributed by atoms with van der Waals surface area (Å²) in [5, 5.41) is 10.2. The van der Waals surface area contributed by atoms with Crippen molar-refractivity contribution in [3.8, 4) is 11.8 Å². The fraction of sp³-hybridized carbons (Fsp3) is 0.130. The molecule has 2 heterocycles. The van der Waals surface area contributed by atoms with Gasteiger partial charge in [0.25, 0.3) is 5.56 Å². The second-order valence-electron chi connectivity index (χ2n) is 6.92. The highest BCUT2D eigenvalue weighted by molar-refractivity contribution is 6.30. The first kappa shape index (κ1) is 18.9. The SMILES string of the molecule is Cc1cc2c(c(=O)n1Cc1ccccc1)[C@@H](c1cccc(Cl)c1)C(C#N)=C(N)O2. The van der Waals surface area contributed by atoms with Crippen molar-refractivity contribution in [1.82, 2.24) is 4.57 Å². The van der Waals surface area contributed by atoms with Crippen molar-refractivity contribution in [3.05, 3.63) is 110 Å². The first-order valence-corrected chi connectivity index (χ1v) is 9.48. The number of nitriles is 1. The molecule has 0 aliphatic carbocycles. The Morgan fingerprint density at radius 1 is 1.17 bits per heavy atom. The number of hydrogen-bond acceptors (Lipinski definition) is 4. The van der Waals surface area contributed by atoms with E-state index in [-0.39, 0.29) is 17.0 Å². The van der Waals surface area contributed by atoms with Crippen molar-refractivity contribution in [2.45, 2.75) is 19.4 Å². The van der Waals surface area contributed by atoms with E-state index in [4.69, 9.17) is 22.1 Å². The van der Waals surface area contributed by atoms with Gasteiger partial charge in [0.05, 0.1) is 18.0 Å². The third-order valence-electron chi connectivity index (χ3n) is 5.06. The molecular weight excluding hydrogens is 386 g/mol. The summed E-state index contributed by atoms with van der Waals surface area (Å²) in [5.74, 6) is -0.263. The summed E-state index contributed by atoms with van der Waals surface area (Å²) >= 11 is 6.18. The smallest absolute Gasteiger partial charge is 0.259 e. The Morgan fingerprint density at radius 2 is 1.93 bits per heavy atom. The molecule has 0 bridgehead atoms. The maximum Gasteiger partial charge on any atom is 0.259 e. The molecule has 3 aromatic rings. The van der Waals surface area contributed by atoms with Gasteiger partial charge in [-0.3, -0.25) is 4.79 Å². The number of allylic oxidation sites excluding steroid dienone is 1. The summed E-state index contributed by atoms with van der Waals surface area (Å²) < 4.78 is 7.36. The molecule has 1 aromatic heterocycles. The minimum atomic E-state index is -0.641. The van der Waals surface area contributed by atoms with Crippen LogP contribution in [0.25, 0.3) is 0 Å². The Bertz CT molecular complexity index is 1220. The summed E-state index contributed by atoms with van der Waals surface area (Å²) in [6.07, 6.45) is 0. The Balaban J connectivity index is 1.94. The second-order valence-corrected chi connectivity index (χ2v) is 7.36. The average molecular weight is 404 g/mol. The van der Waals surface area contributed by atoms with Gasteiger partial charge in [-0.25, -0.2) is 0 Å². The summed E-state index contributed by atoms with van der Waals surface area (Å²) in [6.45, 7) is 2.27. The zero-order valence-corrected chi connectivity index (χ0v) is 16.5. The molecular formula is C23H18ClN3O2. The van der Waals surface area contributed by atoms with Crippen LogP contribution in [0.15, 0.2) is 76.9 Å². The molecule has 2 N–H and O–H groups in total. The highest BCUT2D eigenvalue weighted by Gasteiger charge is 2.34. The van der Waals surface area contributed by atoms with Gasteiger partial charge in [-0.2, -0.15) is 5.26 Å². The zero-order chi connectivity index (χ0) is 20.5. The van der Waals surface area contributed by atoms with E-state index in [0.717, 1.165) is 11.3 Å². The fourth-order valence-electron chi connectivity index (χ4n) is 3.67. The van der Waals surface area contributed by atoms with E-state index in [9.17, 15) is 10.1 Å². The van der Waals surface area contributed by atoms with Crippen LogP contribution in [0.1, 0.15) is 28.3 Å². The molecule has 0 saturated heterocycles. The van der Waals surface area contributed by atoms with Gasteiger partial charge in [-0.05, 0) is 30.2 Å². The lowest BCUT2D eigenvalue weighted by molar-refractivity contribution is 0.389. The van der Waals surface area contributed by atoms with E-state index >= 15 is 0 Å². The van der Waals surface area contributed by atoms with E-state index in [1.54, 1.807) is 28.8 Å². The van der Waals surface area contributed by atoms with Crippen molar-refractivity contribution in [1.29, 1.82) is 5.26 Å². The van der Waals surface area contributed by atoms with Crippen molar-refractivity contribution in [2.24, 2.45) is 5.73 Å². The van der Waals surface area contributed by atoms with Crippen LogP contribution in [0.2, 0.25) is 5.02 Å². The molecule has 1 atom stereocenters. The lowest BCUT2D eigenvalue weighted by Gasteiger charge is -2.27. The molecule has 0 amide bonds. The highest BCUT2D eigenvalue weighted by Crippen LogP contribution is 2.41. The monoisotopic (exact) mass is 403 g/mol. The van der Waals surface area contributed by atoms with Crippen LogP contribution in [0, 0.1) is 18.3 Å². The molecule has 4 rings (SSSR count). The van der Waals surface area contributed by atoms with Gasteiger partial charge in [0, 0.05) is 16.8 Å². The van der Waals surface area contributed by atoms with Crippen LogP contribution in [0.3, 0.4) is 0 Å². The Labute approximate surface area is 173 Å². The Morgan fingerprint density at radius 3 is 2.62 bits per heavy atom. The normalized spacial score (nSPS) is 15.4. The number of ether oxygens (including phenoxy) is 1. The zero-order valence-electron chi connectivity index (χ0n) is 15.7. The van der Waals surface area contributed by atoms with E-state index in [1.807, 2.05) is 43.3 Å². The lowest BCUT2D eigenvalue weighted by Crippen LogP contribution is -2.33. The topological polar surface area (TPSA) is 81.0 Å². The number of benzene rings is 2. The molecule has 0 saturated carbocycles. The maximum absolute atomic E-state index is 13.6. The first-order chi connectivity index (χ1) is 14.0. The van der Waals surface area contributed by atoms with E-state index in [0.29, 0.717) is 28.4 Å². The maximum atomic E-state index is 13.6. The van der Waals surface area contributed by atoms with E-state index < -0.39 is 5.92 Å². The predicted molar refractivity (Wildman–Crippen MR) is 112 cm³/mol. The fourth-order valence-corrected chi connectivity index (χ4v) is 3.87. The number of nitrogens with zero attached hydrogens (tertiary/aromatic N) is 2. The molecule has 0 radical (unpaired) electrons. The van der Waals surface area contributed by atoms with Gasteiger partial charge in [0.2, 0.25) is 5.88 Å². The average Bonchev–Trinajstić information content (AvgIpc) is 2.71. The van der Waals surface area contributed by atoms with Crippen molar-refractivity contribution >= 4 is 11.6 Å². The molecule has 0 fully saturated rings. The third kappa shape index (κ3) is 3.39. The van der Waals surface area contributed by atoms with Crippen LogP contribution in [-0.4, -0.2) is 4.57 Å². The molecule has 1 aliphatic heterocycles. The van der Waals surface area contributed by atoms with Gasteiger partial charge in [-0.15, -0.1) is 0 Å². The van der Waals surface area contributed by atoms with Gasteiger partial charge in [0.15, 0.2) is 0 Å². The number of hydrogen-bond donors (Lipinski definition) is 1. The van der Waals surface area contributed by atoms with Crippen LogP contribution >= 0.6 is 11.6 Å². The van der Waals surface area contributed by atoms with Crippen LogP contribution in [0.5, 0.6) is 5.75 Å². The van der Waals surface area contributed by atoms with Crippen LogP contribution in [-0.2, 0) is 6.54 Å². The Hall–Kier alpha value is -3.49. The quantitative estimate of drug-likeness (QED) is 0.714. The van der Waals surface area contributed by atoms with Crippen molar-refractivity contribution in [3.63, 3.8) is 0 Å². The summed E-state index contributed by atoms with van der Waals surface area (Å²) in [5.41, 5.74) is 8.87.